The highest BCUT2D eigenvalue weighted by atomic mass is 16.5. The molecule has 3 rings (SSSR count). The van der Waals surface area contributed by atoms with E-state index in [1.54, 1.807) is 6.92 Å². The summed E-state index contributed by atoms with van der Waals surface area (Å²) in [5, 5.41) is 17.3. The van der Waals surface area contributed by atoms with Crippen LogP contribution >= 0.6 is 0 Å². The van der Waals surface area contributed by atoms with Gasteiger partial charge in [0.15, 0.2) is 6.61 Å². The Bertz CT molecular complexity index is 565. The fourth-order valence-corrected chi connectivity index (χ4v) is 2.20. The zero-order valence-corrected chi connectivity index (χ0v) is 10.1. The van der Waals surface area contributed by atoms with Crippen LogP contribution in [0.1, 0.15) is 35.4 Å². The lowest BCUT2D eigenvalue weighted by atomic mass is 10.1. The molecule has 0 saturated carbocycles. The van der Waals surface area contributed by atoms with Gasteiger partial charge in [0.25, 0.3) is 5.89 Å². The van der Waals surface area contributed by atoms with Gasteiger partial charge in [-0.25, -0.2) is 0 Å². The molecule has 1 atom stereocenters. The number of aliphatic hydroxyl groups excluding tert-OH is 1. The van der Waals surface area contributed by atoms with E-state index in [0.29, 0.717) is 11.8 Å². The quantitative estimate of drug-likeness (QED) is 0.896. The third-order valence-corrected chi connectivity index (χ3v) is 3.09. The number of aromatic nitrogens is 2. The lowest BCUT2D eigenvalue weighted by Gasteiger charge is -2.07. The van der Waals surface area contributed by atoms with Crippen molar-refractivity contribution in [1.29, 1.82) is 0 Å². The summed E-state index contributed by atoms with van der Waals surface area (Å²) in [4.78, 5) is 0. The van der Waals surface area contributed by atoms with Gasteiger partial charge in [-0.15, -0.1) is 10.2 Å². The van der Waals surface area contributed by atoms with E-state index < -0.39 is 0 Å². The summed E-state index contributed by atoms with van der Waals surface area (Å²) in [6.45, 7) is 2.01. The summed E-state index contributed by atoms with van der Waals surface area (Å²) >= 11 is 0. The maximum absolute atomic E-state index is 9.71. The molecule has 1 aromatic heterocycles. The highest BCUT2D eigenvalue weighted by Gasteiger charge is 2.20. The van der Waals surface area contributed by atoms with E-state index in [2.05, 4.69) is 10.2 Å². The normalized spacial score (nSPS) is 17.8. The molecule has 94 valence electrons. The van der Waals surface area contributed by atoms with E-state index in [-0.39, 0.29) is 12.7 Å². The number of aliphatic hydroxyl groups is 1. The van der Waals surface area contributed by atoms with E-state index in [0.717, 1.165) is 29.7 Å². The standard InChI is InChI=1S/C13H14N2O3/c1-8-14-15-13(18-8)7-17-10-3-4-11-9(6-10)2-5-12(11)16/h3-4,6,12,16H,2,5,7H2,1H3/t12-/m1/s1. The summed E-state index contributed by atoms with van der Waals surface area (Å²) in [6, 6.07) is 5.74. The molecule has 1 N–H and O–H groups in total. The molecule has 18 heavy (non-hydrogen) atoms. The molecule has 5 nitrogen and oxygen atoms in total. The lowest BCUT2D eigenvalue weighted by Crippen LogP contribution is -1.97. The molecule has 0 amide bonds. The molecule has 0 aliphatic heterocycles. The Morgan fingerprint density at radius 3 is 3.11 bits per heavy atom. The molecule has 0 radical (unpaired) electrons. The van der Waals surface area contributed by atoms with Gasteiger partial charge in [0.2, 0.25) is 5.89 Å². The van der Waals surface area contributed by atoms with E-state index in [9.17, 15) is 5.11 Å². The van der Waals surface area contributed by atoms with Crippen LogP contribution in [0.15, 0.2) is 22.6 Å². The van der Waals surface area contributed by atoms with Crippen LogP contribution in [0.3, 0.4) is 0 Å². The van der Waals surface area contributed by atoms with Crippen molar-refractivity contribution in [2.45, 2.75) is 32.5 Å². The Hall–Kier alpha value is -1.88. The van der Waals surface area contributed by atoms with Gasteiger partial charge in [0.05, 0.1) is 6.10 Å². The molecule has 5 heteroatoms. The molecule has 1 aliphatic carbocycles. The fraction of sp³-hybridized carbons (Fsp3) is 0.385. The molecule has 0 fully saturated rings. The predicted octanol–water partition coefficient (Wildman–Crippen LogP) is 1.94. The van der Waals surface area contributed by atoms with Crippen LogP contribution in [0.25, 0.3) is 0 Å². The van der Waals surface area contributed by atoms with Crippen molar-refractivity contribution in [2.75, 3.05) is 0 Å². The first-order chi connectivity index (χ1) is 8.72. The van der Waals surface area contributed by atoms with Crippen LogP contribution < -0.4 is 4.74 Å². The van der Waals surface area contributed by atoms with Gasteiger partial charge in [-0.3, -0.25) is 0 Å². The first kappa shape index (κ1) is 11.2. The van der Waals surface area contributed by atoms with Crippen molar-refractivity contribution in [1.82, 2.24) is 10.2 Å². The average Bonchev–Trinajstić information content (AvgIpc) is 2.94. The lowest BCUT2D eigenvalue weighted by molar-refractivity contribution is 0.180. The van der Waals surface area contributed by atoms with Gasteiger partial charge in [-0.2, -0.15) is 0 Å². The van der Waals surface area contributed by atoms with Crippen LogP contribution in [0, 0.1) is 6.92 Å². The van der Waals surface area contributed by atoms with Gasteiger partial charge >= 0.3 is 0 Å². The molecular weight excluding hydrogens is 232 g/mol. The van der Waals surface area contributed by atoms with Crippen LogP contribution in [0.4, 0.5) is 0 Å². The van der Waals surface area contributed by atoms with Crippen molar-refractivity contribution in [3.05, 3.63) is 41.1 Å². The number of rotatable bonds is 3. The molecule has 0 unspecified atom stereocenters. The van der Waals surface area contributed by atoms with Crippen LogP contribution in [0.5, 0.6) is 5.75 Å². The zero-order chi connectivity index (χ0) is 12.5. The fourth-order valence-electron chi connectivity index (χ4n) is 2.20. The average molecular weight is 246 g/mol. The van der Waals surface area contributed by atoms with E-state index in [1.807, 2.05) is 18.2 Å². The molecule has 1 heterocycles. The largest absolute Gasteiger partial charge is 0.484 e. The Kier molecular flexibility index (Phi) is 2.76. The van der Waals surface area contributed by atoms with Crippen LogP contribution in [-0.4, -0.2) is 15.3 Å². The smallest absolute Gasteiger partial charge is 0.253 e. The Morgan fingerprint density at radius 1 is 1.44 bits per heavy atom. The molecule has 1 aromatic carbocycles. The highest BCUT2D eigenvalue weighted by molar-refractivity contribution is 5.39. The second-order valence-electron chi connectivity index (χ2n) is 4.42. The molecule has 1 aliphatic rings. The number of ether oxygens (including phenoxy) is 1. The number of hydrogen-bond acceptors (Lipinski definition) is 5. The Morgan fingerprint density at radius 2 is 2.33 bits per heavy atom. The first-order valence-corrected chi connectivity index (χ1v) is 5.95. The third kappa shape index (κ3) is 2.09. The van der Waals surface area contributed by atoms with Crippen LogP contribution in [0.2, 0.25) is 0 Å². The van der Waals surface area contributed by atoms with Crippen molar-refractivity contribution < 1.29 is 14.3 Å². The van der Waals surface area contributed by atoms with E-state index in [4.69, 9.17) is 9.15 Å². The van der Waals surface area contributed by atoms with E-state index in [1.165, 1.54) is 0 Å². The summed E-state index contributed by atoms with van der Waals surface area (Å²) in [5.41, 5.74) is 2.16. The molecule has 0 spiro atoms. The number of aryl methyl sites for hydroxylation is 2. The van der Waals surface area contributed by atoms with Gasteiger partial charge in [0.1, 0.15) is 5.75 Å². The van der Waals surface area contributed by atoms with Crippen molar-refractivity contribution in [3.8, 4) is 5.75 Å². The van der Waals surface area contributed by atoms with Gasteiger partial charge in [0, 0.05) is 6.92 Å². The second kappa shape index (κ2) is 4.42. The van der Waals surface area contributed by atoms with Crippen LogP contribution in [-0.2, 0) is 13.0 Å². The number of benzene rings is 1. The number of hydrogen-bond donors (Lipinski definition) is 1. The number of nitrogens with zero attached hydrogens (tertiary/aromatic N) is 2. The van der Waals surface area contributed by atoms with Crippen molar-refractivity contribution in [2.24, 2.45) is 0 Å². The minimum atomic E-state index is -0.326. The van der Waals surface area contributed by atoms with Crippen molar-refractivity contribution >= 4 is 0 Å². The van der Waals surface area contributed by atoms with Gasteiger partial charge < -0.3 is 14.3 Å². The molecule has 0 saturated heterocycles. The molecular formula is C13H14N2O3. The van der Waals surface area contributed by atoms with Gasteiger partial charge in [-0.05, 0) is 36.1 Å². The predicted molar refractivity (Wildman–Crippen MR) is 63.1 cm³/mol. The van der Waals surface area contributed by atoms with E-state index >= 15 is 0 Å². The van der Waals surface area contributed by atoms with Crippen molar-refractivity contribution in [3.63, 3.8) is 0 Å². The van der Waals surface area contributed by atoms with Gasteiger partial charge in [-0.1, -0.05) is 6.07 Å². The molecule has 0 bridgehead atoms. The first-order valence-electron chi connectivity index (χ1n) is 5.95. The summed E-state index contributed by atoms with van der Waals surface area (Å²) in [6.07, 6.45) is 1.36. The third-order valence-electron chi connectivity index (χ3n) is 3.09. The SMILES string of the molecule is Cc1nnc(COc2ccc3c(c2)CC[C@H]3O)o1. The number of fused-ring (bicyclic) bond motifs is 1. The maximum Gasteiger partial charge on any atom is 0.253 e. The maximum atomic E-state index is 9.71. The summed E-state index contributed by atoms with van der Waals surface area (Å²) in [7, 11) is 0. The second-order valence-corrected chi connectivity index (χ2v) is 4.42. The Balaban J connectivity index is 1.70. The topological polar surface area (TPSA) is 68.4 Å². The molecule has 2 aromatic rings. The monoisotopic (exact) mass is 246 g/mol. The minimum absolute atomic E-state index is 0.266. The minimum Gasteiger partial charge on any atom is -0.484 e. The Labute approximate surface area is 104 Å². The summed E-state index contributed by atoms with van der Waals surface area (Å²) < 4.78 is 10.8. The summed E-state index contributed by atoms with van der Waals surface area (Å²) in [5.74, 6) is 1.76. The zero-order valence-electron chi connectivity index (χ0n) is 10.1. The highest BCUT2D eigenvalue weighted by Crippen LogP contribution is 2.33.